The fourth-order valence-corrected chi connectivity index (χ4v) is 2.10. The predicted octanol–water partition coefficient (Wildman–Crippen LogP) is 3.06. The van der Waals surface area contributed by atoms with E-state index < -0.39 is 0 Å². The molecule has 1 fully saturated rings. The average Bonchev–Trinajstić information content (AvgIpc) is 2.36. The van der Waals surface area contributed by atoms with E-state index in [2.05, 4.69) is 19.1 Å². The number of hydrogen-bond acceptors (Lipinski definition) is 0. The highest BCUT2D eigenvalue weighted by atomic mass is 14.3. The van der Waals surface area contributed by atoms with E-state index in [0.717, 1.165) is 5.92 Å². The molecule has 0 saturated heterocycles. The summed E-state index contributed by atoms with van der Waals surface area (Å²) >= 11 is 0. The van der Waals surface area contributed by atoms with Crippen molar-refractivity contribution in [3.63, 3.8) is 0 Å². The van der Waals surface area contributed by atoms with Gasteiger partial charge < -0.3 is 0 Å². The average molecular weight is 134 g/mol. The number of fused-ring (bicyclic) bond motifs is 1. The van der Waals surface area contributed by atoms with E-state index in [1.807, 2.05) is 0 Å². The van der Waals surface area contributed by atoms with Crippen molar-refractivity contribution in [3.8, 4) is 0 Å². The first-order valence-corrected chi connectivity index (χ1v) is 4.27. The van der Waals surface area contributed by atoms with E-state index in [1.165, 1.54) is 25.7 Å². The molecule has 0 aromatic heterocycles. The van der Waals surface area contributed by atoms with Crippen LogP contribution in [0.25, 0.3) is 0 Å². The molecular weight excluding hydrogens is 120 g/mol. The third kappa shape index (κ3) is 0.828. The summed E-state index contributed by atoms with van der Waals surface area (Å²) in [4.78, 5) is 0. The first-order chi connectivity index (χ1) is 4.88. The molecule has 0 bridgehead atoms. The van der Waals surface area contributed by atoms with E-state index in [-0.39, 0.29) is 0 Å². The summed E-state index contributed by atoms with van der Waals surface area (Å²) < 4.78 is 0. The topological polar surface area (TPSA) is 0 Å². The van der Waals surface area contributed by atoms with Crippen LogP contribution in [-0.2, 0) is 0 Å². The smallest absolute Gasteiger partial charge is 0.0157 e. The normalized spacial score (nSPS) is 31.1. The molecule has 0 radical (unpaired) electrons. The van der Waals surface area contributed by atoms with Crippen LogP contribution in [0.15, 0.2) is 23.3 Å². The van der Waals surface area contributed by atoms with Gasteiger partial charge in [-0.25, -0.2) is 0 Å². The van der Waals surface area contributed by atoms with Crippen LogP contribution in [0.3, 0.4) is 0 Å². The molecule has 1 saturated carbocycles. The zero-order valence-corrected chi connectivity index (χ0v) is 6.56. The third-order valence-electron chi connectivity index (χ3n) is 2.69. The van der Waals surface area contributed by atoms with Crippen molar-refractivity contribution >= 4 is 0 Å². The summed E-state index contributed by atoms with van der Waals surface area (Å²) in [5.74, 6) is 0.850. The van der Waals surface area contributed by atoms with Crippen molar-refractivity contribution in [2.45, 2.75) is 32.6 Å². The van der Waals surface area contributed by atoms with Gasteiger partial charge in [0.15, 0.2) is 0 Å². The molecule has 2 rings (SSSR count). The lowest BCUT2D eigenvalue weighted by Crippen LogP contribution is -2.06. The van der Waals surface area contributed by atoms with Crippen molar-refractivity contribution in [1.82, 2.24) is 0 Å². The van der Waals surface area contributed by atoms with Gasteiger partial charge in [0, 0.05) is 0 Å². The van der Waals surface area contributed by atoms with E-state index in [0.29, 0.717) is 0 Å². The molecule has 0 heteroatoms. The van der Waals surface area contributed by atoms with Crippen LogP contribution < -0.4 is 0 Å². The van der Waals surface area contributed by atoms with Gasteiger partial charge in [0.2, 0.25) is 0 Å². The van der Waals surface area contributed by atoms with Crippen LogP contribution in [0.4, 0.5) is 0 Å². The molecule has 2 aliphatic carbocycles. The molecular formula is C10H14. The number of allylic oxidation sites excluding steroid dienone is 4. The van der Waals surface area contributed by atoms with Gasteiger partial charge in [-0.1, -0.05) is 19.1 Å². The van der Waals surface area contributed by atoms with Crippen molar-refractivity contribution in [2.75, 3.05) is 0 Å². The summed E-state index contributed by atoms with van der Waals surface area (Å²) in [6.07, 6.45) is 10.2. The maximum absolute atomic E-state index is 2.40. The molecule has 0 heterocycles. The zero-order valence-electron chi connectivity index (χ0n) is 6.56. The summed E-state index contributed by atoms with van der Waals surface area (Å²) in [6.45, 7) is 2.35. The van der Waals surface area contributed by atoms with Gasteiger partial charge in [-0.2, -0.15) is 0 Å². The van der Waals surface area contributed by atoms with E-state index in [4.69, 9.17) is 0 Å². The SMILES string of the molecule is CC1CCCC2=CCC=C21. The minimum absolute atomic E-state index is 0.850. The van der Waals surface area contributed by atoms with Crippen LogP contribution in [0.1, 0.15) is 32.6 Å². The summed E-state index contributed by atoms with van der Waals surface area (Å²) in [6, 6.07) is 0. The molecule has 0 amide bonds. The van der Waals surface area contributed by atoms with Gasteiger partial charge in [0.25, 0.3) is 0 Å². The fourth-order valence-electron chi connectivity index (χ4n) is 2.10. The Hall–Kier alpha value is -0.520. The molecule has 10 heavy (non-hydrogen) atoms. The first kappa shape index (κ1) is 6.21. The molecule has 0 spiro atoms. The summed E-state index contributed by atoms with van der Waals surface area (Å²) in [7, 11) is 0. The second-order valence-corrected chi connectivity index (χ2v) is 3.42. The van der Waals surface area contributed by atoms with E-state index >= 15 is 0 Å². The highest BCUT2D eigenvalue weighted by molar-refractivity contribution is 5.39. The van der Waals surface area contributed by atoms with Crippen LogP contribution in [0, 0.1) is 5.92 Å². The molecule has 0 N–H and O–H groups in total. The minimum atomic E-state index is 0.850. The van der Waals surface area contributed by atoms with Gasteiger partial charge in [-0.05, 0) is 42.7 Å². The Morgan fingerprint density at radius 1 is 1.40 bits per heavy atom. The Labute approximate surface area is 62.6 Å². The molecule has 0 aromatic carbocycles. The van der Waals surface area contributed by atoms with Gasteiger partial charge >= 0.3 is 0 Å². The molecule has 0 nitrogen and oxygen atoms in total. The monoisotopic (exact) mass is 134 g/mol. The predicted molar refractivity (Wildman–Crippen MR) is 43.8 cm³/mol. The lowest BCUT2D eigenvalue weighted by molar-refractivity contribution is 0.542. The molecule has 1 atom stereocenters. The van der Waals surface area contributed by atoms with Gasteiger partial charge in [0.1, 0.15) is 0 Å². The number of rotatable bonds is 0. The highest BCUT2D eigenvalue weighted by Crippen LogP contribution is 2.36. The zero-order chi connectivity index (χ0) is 6.97. The number of hydrogen-bond donors (Lipinski definition) is 0. The molecule has 0 aromatic rings. The fraction of sp³-hybridized carbons (Fsp3) is 0.600. The molecule has 1 unspecified atom stereocenters. The van der Waals surface area contributed by atoms with Gasteiger partial charge in [-0.15, -0.1) is 0 Å². The Morgan fingerprint density at radius 2 is 2.30 bits per heavy atom. The Morgan fingerprint density at radius 3 is 3.10 bits per heavy atom. The highest BCUT2D eigenvalue weighted by Gasteiger charge is 2.20. The largest absolute Gasteiger partial charge is 0.0772 e. The van der Waals surface area contributed by atoms with Gasteiger partial charge in [-0.3, -0.25) is 0 Å². The lowest BCUT2D eigenvalue weighted by atomic mass is 9.84. The quantitative estimate of drug-likeness (QED) is 0.477. The summed E-state index contributed by atoms with van der Waals surface area (Å²) in [5.41, 5.74) is 3.31. The Balaban J connectivity index is 2.26. The van der Waals surface area contributed by atoms with Crippen molar-refractivity contribution in [1.29, 1.82) is 0 Å². The maximum Gasteiger partial charge on any atom is -0.0157 e. The van der Waals surface area contributed by atoms with Crippen molar-refractivity contribution < 1.29 is 0 Å². The van der Waals surface area contributed by atoms with Gasteiger partial charge in [0.05, 0.1) is 0 Å². The van der Waals surface area contributed by atoms with E-state index in [1.54, 1.807) is 11.1 Å². The molecule has 2 aliphatic rings. The van der Waals surface area contributed by atoms with E-state index in [9.17, 15) is 0 Å². The second kappa shape index (κ2) is 2.26. The minimum Gasteiger partial charge on any atom is -0.0772 e. The Bertz CT molecular complexity index is 196. The first-order valence-electron chi connectivity index (χ1n) is 4.27. The van der Waals surface area contributed by atoms with Crippen LogP contribution in [-0.4, -0.2) is 0 Å². The lowest BCUT2D eigenvalue weighted by Gasteiger charge is -2.22. The van der Waals surface area contributed by atoms with Crippen molar-refractivity contribution in [3.05, 3.63) is 23.3 Å². The van der Waals surface area contributed by atoms with Crippen LogP contribution in [0.5, 0.6) is 0 Å². The Kier molecular flexibility index (Phi) is 1.40. The second-order valence-electron chi connectivity index (χ2n) is 3.42. The summed E-state index contributed by atoms with van der Waals surface area (Å²) in [5, 5.41) is 0. The maximum atomic E-state index is 2.40. The van der Waals surface area contributed by atoms with Crippen LogP contribution >= 0.6 is 0 Å². The standard InChI is InChI=1S/C10H14/c1-8-4-2-5-9-6-3-7-10(8)9/h6-8H,2-5H2,1H3. The molecule has 0 aliphatic heterocycles. The molecule has 54 valence electrons. The van der Waals surface area contributed by atoms with Crippen molar-refractivity contribution in [2.24, 2.45) is 5.92 Å². The van der Waals surface area contributed by atoms with Crippen LogP contribution in [0.2, 0.25) is 0 Å². The third-order valence-corrected chi connectivity index (χ3v) is 2.69.